The van der Waals surface area contributed by atoms with Crippen molar-refractivity contribution in [2.24, 2.45) is 0 Å². The smallest absolute Gasteiger partial charge is 0.173 e. The fraction of sp³-hybridized carbons (Fsp3) is 0.308. The molecule has 0 saturated heterocycles. The van der Waals surface area contributed by atoms with Gasteiger partial charge < -0.3 is 9.22 Å². The molecule has 1 N–H and O–H groups in total. The Hall–Kier alpha value is -2.15. The third-order valence-electron chi connectivity index (χ3n) is 5.17. The van der Waals surface area contributed by atoms with Crippen LogP contribution in [-0.4, -0.2) is 21.7 Å². The summed E-state index contributed by atoms with van der Waals surface area (Å²) in [7, 11) is -3.15. The Kier molecular flexibility index (Phi) is 7.01. The van der Waals surface area contributed by atoms with Crippen LogP contribution >= 0.6 is 0 Å². The SMILES string of the molecule is C[Si](C)(C)O[Si](C)(C)CCCc1cc(-c2ccccc2)c(O)c(-c2ccccc2)c1. The van der Waals surface area contributed by atoms with Crippen LogP contribution in [0.15, 0.2) is 72.8 Å². The van der Waals surface area contributed by atoms with Crippen LogP contribution in [-0.2, 0) is 10.5 Å². The third-order valence-corrected chi connectivity index (χ3v) is 11.4. The molecule has 3 aromatic carbocycles. The Morgan fingerprint density at radius 2 is 1.20 bits per heavy atom. The average Bonchev–Trinajstić information content (AvgIpc) is 2.68. The zero-order valence-electron chi connectivity index (χ0n) is 18.9. The molecule has 0 fully saturated rings. The normalized spacial score (nSPS) is 12.2. The minimum atomic E-state index is -1.65. The van der Waals surface area contributed by atoms with E-state index < -0.39 is 16.6 Å². The van der Waals surface area contributed by atoms with Crippen molar-refractivity contribution in [2.75, 3.05) is 0 Å². The van der Waals surface area contributed by atoms with Gasteiger partial charge in [0, 0.05) is 11.1 Å². The predicted octanol–water partition coefficient (Wildman–Crippen LogP) is 7.72. The molecule has 0 aliphatic rings. The zero-order chi connectivity index (χ0) is 21.8. The lowest BCUT2D eigenvalue weighted by molar-refractivity contribution is 0.479. The third kappa shape index (κ3) is 6.18. The summed E-state index contributed by atoms with van der Waals surface area (Å²) in [6, 6.07) is 25.8. The van der Waals surface area contributed by atoms with Gasteiger partial charge in [-0.1, -0.05) is 60.7 Å². The highest BCUT2D eigenvalue weighted by Crippen LogP contribution is 2.39. The Labute approximate surface area is 183 Å². The van der Waals surface area contributed by atoms with Crippen molar-refractivity contribution in [3.63, 3.8) is 0 Å². The van der Waals surface area contributed by atoms with Crippen molar-refractivity contribution in [3.8, 4) is 28.0 Å². The van der Waals surface area contributed by atoms with E-state index >= 15 is 0 Å². The van der Waals surface area contributed by atoms with E-state index in [0.717, 1.165) is 41.1 Å². The molecule has 0 unspecified atom stereocenters. The number of benzene rings is 3. The lowest BCUT2D eigenvalue weighted by atomic mass is 9.93. The van der Waals surface area contributed by atoms with Crippen molar-refractivity contribution in [1.29, 1.82) is 0 Å². The topological polar surface area (TPSA) is 29.5 Å². The number of aryl methyl sites for hydroxylation is 1. The maximum absolute atomic E-state index is 11.1. The molecule has 0 spiro atoms. The van der Waals surface area contributed by atoms with E-state index in [1.807, 2.05) is 36.4 Å². The van der Waals surface area contributed by atoms with Gasteiger partial charge in [-0.15, -0.1) is 0 Å². The summed E-state index contributed by atoms with van der Waals surface area (Å²) in [5, 5.41) is 11.1. The second kappa shape index (κ2) is 9.33. The number of phenolic OH excluding ortho intramolecular Hbond substituents is 1. The number of hydrogen-bond donors (Lipinski definition) is 1. The quantitative estimate of drug-likeness (QED) is 0.368. The summed E-state index contributed by atoms with van der Waals surface area (Å²) in [6.45, 7) is 11.5. The first-order chi connectivity index (χ1) is 14.1. The van der Waals surface area contributed by atoms with Crippen molar-refractivity contribution in [1.82, 2.24) is 0 Å². The molecule has 4 heteroatoms. The van der Waals surface area contributed by atoms with Crippen molar-refractivity contribution < 1.29 is 9.22 Å². The molecule has 158 valence electrons. The van der Waals surface area contributed by atoms with Gasteiger partial charge in [0.1, 0.15) is 5.75 Å². The van der Waals surface area contributed by atoms with E-state index in [4.69, 9.17) is 4.12 Å². The molecule has 0 aliphatic heterocycles. The lowest BCUT2D eigenvalue weighted by Crippen LogP contribution is -2.42. The Bertz CT molecular complexity index is 901. The van der Waals surface area contributed by atoms with Crippen LogP contribution in [0.5, 0.6) is 5.75 Å². The van der Waals surface area contributed by atoms with Crippen LogP contribution in [0.4, 0.5) is 0 Å². The Balaban J connectivity index is 1.89. The molecule has 3 aromatic rings. The van der Waals surface area contributed by atoms with E-state index in [1.165, 1.54) is 5.56 Å². The summed E-state index contributed by atoms with van der Waals surface area (Å²) >= 11 is 0. The summed E-state index contributed by atoms with van der Waals surface area (Å²) in [5.74, 6) is 0.355. The van der Waals surface area contributed by atoms with Crippen molar-refractivity contribution in [2.45, 2.75) is 51.6 Å². The maximum Gasteiger partial charge on any atom is 0.173 e. The van der Waals surface area contributed by atoms with Crippen LogP contribution in [0.3, 0.4) is 0 Å². The first kappa shape index (κ1) is 22.5. The van der Waals surface area contributed by atoms with Gasteiger partial charge in [-0.2, -0.15) is 0 Å². The second-order valence-corrected chi connectivity index (χ2v) is 18.7. The molecule has 0 amide bonds. The molecule has 0 aliphatic carbocycles. The standard InChI is InChI=1S/C26H34O2Si2/c1-29(2,3)28-30(4,5)18-12-13-21-19-24(22-14-8-6-9-15-22)26(27)25(20-21)23-16-10-7-11-17-23/h6-11,14-17,19-20,27H,12-13,18H2,1-5H3. The molecule has 3 rings (SSSR count). The van der Waals surface area contributed by atoms with Crippen LogP contribution in [0.2, 0.25) is 38.8 Å². The Morgan fingerprint density at radius 1 is 0.733 bits per heavy atom. The van der Waals surface area contributed by atoms with Gasteiger partial charge in [0.25, 0.3) is 0 Å². The molecule has 0 aromatic heterocycles. The van der Waals surface area contributed by atoms with E-state index in [-0.39, 0.29) is 0 Å². The lowest BCUT2D eigenvalue weighted by Gasteiger charge is -2.31. The molecule has 0 saturated carbocycles. The van der Waals surface area contributed by atoms with Crippen molar-refractivity contribution in [3.05, 3.63) is 78.4 Å². The van der Waals surface area contributed by atoms with Crippen LogP contribution in [0, 0.1) is 0 Å². The van der Waals surface area contributed by atoms with Crippen molar-refractivity contribution >= 4 is 16.6 Å². The summed E-state index contributed by atoms with van der Waals surface area (Å²) in [5.41, 5.74) is 5.17. The molecule has 0 atom stereocenters. The van der Waals surface area contributed by atoms with E-state index in [9.17, 15) is 5.11 Å². The minimum Gasteiger partial charge on any atom is -0.507 e. The predicted molar refractivity (Wildman–Crippen MR) is 134 cm³/mol. The van der Waals surface area contributed by atoms with Gasteiger partial charge in [0.2, 0.25) is 0 Å². The highest BCUT2D eigenvalue weighted by atomic mass is 28.4. The summed E-state index contributed by atoms with van der Waals surface area (Å²) in [6.07, 6.45) is 2.10. The summed E-state index contributed by atoms with van der Waals surface area (Å²) in [4.78, 5) is 0. The van der Waals surface area contributed by atoms with Gasteiger partial charge in [0.15, 0.2) is 16.6 Å². The van der Waals surface area contributed by atoms with Gasteiger partial charge in [0.05, 0.1) is 0 Å². The number of hydrogen-bond acceptors (Lipinski definition) is 2. The van der Waals surface area contributed by atoms with Gasteiger partial charge in [-0.3, -0.25) is 0 Å². The van der Waals surface area contributed by atoms with E-state index in [0.29, 0.717) is 5.75 Å². The first-order valence-corrected chi connectivity index (χ1v) is 17.3. The first-order valence-electron chi connectivity index (χ1n) is 10.8. The van der Waals surface area contributed by atoms with E-state index in [2.05, 4.69) is 69.1 Å². The Morgan fingerprint density at radius 3 is 1.63 bits per heavy atom. The van der Waals surface area contributed by atoms with Gasteiger partial charge >= 0.3 is 0 Å². The minimum absolute atomic E-state index is 0.355. The van der Waals surface area contributed by atoms with E-state index in [1.54, 1.807) is 0 Å². The monoisotopic (exact) mass is 434 g/mol. The molecule has 0 heterocycles. The zero-order valence-corrected chi connectivity index (χ0v) is 20.9. The largest absolute Gasteiger partial charge is 0.507 e. The maximum atomic E-state index is 11.1. The molecular weight excluding hydrogens is 400 g/mol. The molecule has 2 nitrogen and oxygen atoms in total. The highest BCUT2D eigenvalue weighted by Gasteiger charge is 2.29. The fourth-order valence-corrected chi connectivity index (χ4v) is 12.2. The number of rotatable bonds is 8. The fourth-order valence-electron chi connectivity index (χ4n) is 4.11. The van der Waals surface area contributed by atoms with Crippen LogP contribution < -0.4 is 0 Å². The van der Waals surface area contributed by atoms with Gasteiger partial charge in [-0.05, 0) is 80.4 Å². The molecule has 0 radical (unpaired) electrons. The number of aromatic hydroxyl groups is 1. The highest BCUT2D eigenvalue weighted by molar-refractivity contribution is 6.84. The number of phenols is 1. The molecule has 30 heavy (non-hydrogen) atoms. The molecular formula is C26H34O2Si2. The van der Waals surface area contributed by atoms with Gasteiger partial charge in [-0.25, -0.2) is 0 Å². The summed E-state index contributed by atoms with van der Waals surface area (Å²) < 4.78 is 6.51. The van der Waals surface area contributed by atoms with Crippen LogP contribution in [0.25, 0.3) is 22.3 Å². The van der Waals surface area contributed by atoms with Crippen LogP contribution in [0.1, 0.15) is 12.0 Å². The average molecular weight is 435 g/mol. The molecule has 0 bridgehead atoms. The second-order valence-electron chi connectivity index (χ2n) is 9.60.